The smallest absolute Gasteiger partial charge is 0.269 e. The fourth-order valence-corrected chi connectivity index (χ4v) is 2.70. The summed E-state index contributed by atoms with van der Waals surface area (Å²) < 4.78 is 0. The van der Waals surface area contributed by atoms with Crippen LogP contribution in [0.2, 0.25) is 0 Å². The zero-order chi connectivity index (χ0) is 10.5. The molecule has 2 fully saturated rings. The third kappa shape index (κ3) is 1.49. The summed E-state index contributed by atoms with van der Waals surface area (Å²) in [5.74, 6) is 0.749. The van der Waals surface area contributed by atoms with Gasteiger partial charge in [0.05, 0.1) is 4.92 Å². The second kappa shape index (κ2) is 3.71. The number of hydrogen-bond donors (Lipinski definition) is 1. The first kappa shape index (κ1) is 11.4. The second-order valence-corrected chi connectivity index (χ2v) is 4.49. The molecule has 4 nitrogen and oxygen atoms in total. The van der Waals surface area contributed by atoms with Crippen molar-refractivity contribution in [2.45, 2.75) is 11.8 Å². The summed E-state index contributed by atoms with van der Waals surface area (Å²) in [5.41, 5.74) is 1.73. The minimum Gasteiger partial charge on any atom is -0.316 e. The topological polar surface area (TPSA) is 55.2 Å². The van der Waals surface area contributed by atoms with E-state index in [0.717, 1.165) is 19.0 Å². The molecule has 1 saturated heterocycles. The average molecular weight is 241 g/mol. The molecule has 1 aliphatic carbocycles. The number of nitrogens with one attached hydrogen (secondary N) is 1. The van der Waals surface area contributed by atoms with Gasteiger partial charge in [0, 0.05) is 24.1 Å². The normalized spacial score (nSPS) is 30.4. The molecule has 86 valence electrons. The molecule has 1 N–H and O–H groups in total. The highest BCUT2D eigenvalue weighted by atomic mass is 35.5. The van der Waals surface area contributed by atoms with Gasteiger partial charge in [-0.15, -0.1) is 12.4 Å². The van der Waals surface area contributed by atoms with E-state index in [9.17, 15) is 10.1 Å². The molecule has 1 aliphatic heterocycles. The van der Waals surface area contributed by atoms with E-state index >= 15 is 0 Å². The zero-order valence-corrected chi connectivity index (χ0v) is 9.50. The lowest BCUT2D eigenvalue weighted by molar-refractivity contribution is -0.384. The molecule has 2 atom stereocenters. The molecule has 1 saturated carbocycles. The van der Waals surface area contributed by atoms with E-state index < -0.39 is 0 Å². The predicted octanol–water partition coefficient (Wildman–Crippen LogP) is 1.88. The molecule has 0 radical (unpaired) electrons. The Hall–Kier alpha value is -1.13. The second-order valence-electron chi connectivity index (χ2n) is 4.49. The summed E-state index contributed by atoms with van der Waals surface area (Å²) in [4.78, 5) is 10.2. The summed E-state index contributed by atoms with van der Waals surface area (Å²) in [6, 6.07) is 7.03. The molecule has 1 aromatic rings. The number of halogens is 1. The van der Waals surface area contributed by atoms with E-state index in [1.54, 1.807) is 12.1 Å². The lowest BCUT2D eigenvalue weighted by Crippen LogP contribution is -2.19. The highest BCUT2D eigenvalue weighted by Crippen LogP contribution is 2.56. The fourth-order valence-electron chi connectivity index (χ4n) is 2.70. The number of nitro groups is 1. The van der Waals surface area contributed by atoms with Crippen molar-refractivity contribution in [2.75, 3.05) is 13.1 Å². The summed E-state index contributed by atoms with van der Waals surface area (Å²) in [6.07, 6.45) is 1.23. The number of fused-ring (bicyclic) bond motifs is 1. The lowest BCUT2D eigenvalue weighted by Gasteiger charge is -2.11. The van der Waals surface area contributed by atoms with Crippen molar-refractivity contribution in [3.05, 3.63) is 39.9 Å². The van der Waals surface area contributed by atoms with Crippen molar-refractivity contribution in [1.29, 1.82) is 0 Å². The van der Waals surface area contributed by atoms with Crippen LogP contribution in [0, 0.1) is 16.0 Å². The summed E-state index contributed by atoms with van der Waals surface area (Å²) >= 11 is 0. The number of hydrogen-bond acceptors (Lipinski definition) is 3. The maximum absolute atomic E-state index is 10.5. The van der Waals surface area contributed by atoms with E-state index in [1.165, 1.54) is 12.0 Å². The SMILES string of the molecule is Cl.O=[N+]([O-])c1ccc([C@]23CNCC2C3)cc1. The third-order valence-electron chi connectivity index (χ3n) is 3.72. The van der Waals surface area contributed by atoms with Crippen molar-refractivity contribution >= 4 is 18.1 Å². The van der Waals surface area contributed by atoms with Crippen LogP contribution in [0.15, 0.2) is 24.3 Å². The molecule has 5 heteroatoms. The first-order chi connectivity index (χ1) is 7.22. The molecule has 1 unspecified atom stereocenters. The van der Waals surface area contributed by atoms with Crippen molar-refractivity contribution in [3.8, 4) is 0 Å². The molecule has 1 aromatic carbocycles. The summed E-state index contributed by atoms with van der Waals surface area (Å²) in [7, 11) is 0. The molecule has 3 rings (SSSR count). The lowest BCUT2D eigenvalue weighted by atomic mass is 9.95. The van der Waals surface area contributed by atoms with Crippen LogP contribution in [0.4, 0.5) is 5.69 Å². The molecule has 0 aromatic heterocycles. The number of piperidine rings is 1. The number of rotatable bonds is 2. The highest BCUT2D eigenvalue weighted by Gasteiger charge is 2.57. The van der Waals surface area contributed by atoms with Crippen LogP contribution >= 0.6 is 12.4 Å². The van der Waals surface area contributed by atoms with Gasteiger partial charge in [0.2, 0.25) is 0 Å². The van der Waals surface area contributed by atoms with Crippen LogP contribution in [0.25, 0.3) is 0 Å². The number of benzene rings is 1. The predicted molar refractivity (Wildman–Crippen MR) is 63.0 cm³/mol. The Labute approximate surface area is 99.6 Å². The van der Waals surface area contributed by atoms with Gasteiger partial charge in [-0.3, -0.25) is 10.1 Å². The Bertz CT molecular complexity index is 420. The number of nitro benzene ring substituents is 1. The van der Waals surface area contributed by atoms with Gasteiger partial charge in [-0.2, -0.15) is 0 Å². The van der Waals surface area contributed by atoms with Gasteiger partial charge in [-0.25, -0.2) is 0 Å². The Morgan fingerprint density at radius 1 is 1.38 bits per heavy atom. The Morgan fingerprint density at radius 2 is 2.06 bits per heavy atom. The van der Waals surface area contributed by atoms with Gasteiger partial charge in [-0.1, -0.05) is 12.1 Å². The third-order valence-corrected chi connectivity index (χ3v) is 3.72. The van der Waals surface area contributed by atoms with E-state index in [1.807, 2.05) is 12.1 Å². The standard InChI is InChI=1S/C11H12N2O2.ClH/c14-13(15)10-3-1-8(2-4-10)11-5-9(11)6-12-7-11;/h1-4,9,12H,5-7H2;1H/t9?,11-;/m0./s1. The molecule has 0 spiro atoms. The van der Waals surface area contributed by atoms with E-state index in [0.29, 0.717) is 5.41 Å². The van der Waals surface area contributed by atoms with Crippen molar-refractivity contribution < 1.29 is 4.92 Å². The Balaban J connectivity index is 0.000000963. The van der Waals surface area contributed by atoms with Gasteiger partial charge >= 0.3 is 0 Å². The molecule has 0 amide bonds. The van der Waals surface area contributed by atoms with E-state index in [2.05, 4.69) is 5.32 Å². The van der Waals surface area contributed by atoms with Crippen molar-refractivity contribution in [3.63, 3.8) is 0 Å². The first-order valence-corrected chi connectivity index (χ1v) is 5.18. The van der Waals surface area contributed by atoms with Crippen molar-refractivity contribution in [2.24, 2.45) is 5.92 Å². The monoisotopic (exact) mass is 240 g/mol. The van der Waals surface area contributed by atoms with Crippen LogP contribution < -0.4 is 5.32 Å². The van der Waals surface area contributed by atoms with Gasteiger partial charge in [0.15, 0.2) is 0 Å². The molecule has 2 aliphatic rings. The molecule has 16 heavy (non-hydrogen) atoms. The van der Waals surface area contributed by atoms with Gasteiger partial charge in [0.25, 0.3) is 5.69 Å². The fraction of sp³-hybridized carbons (Fsp3) is 0.455. The minimum atomic E-state index is -0.348. The Morgan fingerprint density at radius 3 is 2.50 bits per heavy atom. The van der Waals surface area contributed by atoms with E-state index in [-0.39, 0.29) is 23.0 Å². The maximum atomic E-state index is 10.5. The van der Waals surface area contributed by atoms with Crippen LogP contribution in [0.5, 0.6) is 0 Å². The molecular formula is C11H13ClN2O2. The largest absolute Gasteiger partial charge is 0.316 e. The first-order valence-electron chi connectivity index (χ1n) is 5.18. The van der Waals surface area contributed by atoms with Crippen LogP contribution in [-0.4, -0.2) is 18.0 Å². The van der Waals surface area contributed by atoms with Gasteiger partial charge < -0.3 is 5.32 Å². The average Bonchev–Trinajstić information content (AvgIpc) is 2.82. The van der Waals surface area contributed by atoms with Crippen molar-refractivity contribution in [1.82, 2.24) is 5.32 Å². The summed E-state index contributed by atoms with van der Waals surface area (Å²) in [5, 5.41) is 13.9. The molecule has 0 bridgehead atoms. The molecule has 1 heterocycles. The number of nitrogens with zero attached hydrogens (tertiary/aromatic N) is 1. The quantitative estimate of drug-likeness (QED) is 0.634. The van der Waals surface area contributed by atoms with E-state index in [4.69, 9.17) is 0 Å². The van der Waals surface area contributed by atoms with Gasteiger partial charge in [-0.05, 0) is 24.4 Å². The van der Waals surface area contributed by atoms with Crippen LogP contribution in [0.3, 0.4) is 0 Å². The minimum absolute atomic E-state index is 0. The maximum Gasteiger partial charge on any atom is 0.269 e. The van der Waals surface area contributed by atoms with Gasteiger partial charge in [0.1, 0.15) is 0 Å². The summed E-state index contributed by atoms with van der Waals surface area (Å²) in [6.45, 7) is 2.12. The van der Waals surface area contributed by atoms with Crippen LogP contribution in [0.1, 0.15) is 12.0 Å². The number of non-ortho nitro benzene ring substituents is 1. The Kier molecular flexibility index (Phi) is 2.64. The van der Waals surface area contributed by atoms with Crippen LogP contribution in [-0.2, 0) is 5.41 Å². The molecular weight excluding hydrogens is 228 g/mol. The zero-order valence-electron chi connectivity index (χ0n) is 8.68. The highest BCUT2D eigenvalue weighted by molar-refractivity contribution is 5.85.